The fraction of sp³-hybridized carbons (Fsp3) is 0.438. The molecule has 0 fully saturated rings. The highest BCUT2D eigenvalue weighted by molar-refractivity contribution is 7.99. The quantitative estimate of drug-likeness (QED) is 0.649. The molecule has 0 unspecified atom stereocenters. The first kappa shape index (κ1) is 16.2. The molecule has 3 aromatic rings. The van der Waals surface area contributed by atoms with Crippen molar-refractivity contribution >= 4 is 50.7 Å². The SMILES string of the molecule is CC(Cl)=CCSc1nnc2n(C)c(=O)c3c4c(sc3n12)CCCC4. The van der Waals surface area contributed by atoms with Crippen molar-refractivity contribution in [3.63, 3.8) is 0 Å². The van der Waals surface area contributed by atoms with Gasteiger partial charge in [0.05, 0.1) is 5.39 Å². The average molecular weight is 381 g/mol. The van der Waals surface area contributed by atoms with Gasteiger partial charge in [0.15, 0.2) is 5.16 Å². The lowest BCUT2D eigenvalue weighted by Crippen LogP contribution is -2.20. The fourth-order valence-corrected chi connectivity index (χ4v) is 5.66. The van der Waals surface area contributed by atoms with Crippen molar-refractivity contribution in [1.82, 2.24) is 19.2 Å². The first-order valence-electron chi connectivity index (χ1n) is 7.91. The highest BCUT2D eigenvalue weighted by Crippen LogP contribution is 2.36. The number of hydrogen-bond donors (Lipinski definition) is 0. The largest absolute Gasteiger partial charge is 0.279 e. The highest BCUT2D eigenvalue weighted by Gasteiger charge is 2.23. The lowest BCUT2D eigenvalue weighted by Gasteiger charge is -2.10. The van der Waals surface area contributed by atoms with E-state index in [9.17, 15) is 4.79 Å². The molecule has 5 nitrogen and oxygen atoms in total. The second-order valence-electron chi connectivity index (χ2n) is 5.98. The minimum Gasteiger partial charge on any atom is -0.279 e. The van der Waals surface area contributed by atoms with Gasteiger partial charge in [0.1, 0.15) is 4.83 Å². The predicted molar refractivity (Wildman–Crippen MR) is 101 cm³/mol. The predicted octanol–water partition coefficient (Wildman–Crippen LogP) is 3.76. The van der Waals surface area contributed by atoms with Gasteiger partial charge in [0.25, 0.3) is 5.56 Å². The van der Waals surface area contributed by atoms with E-state index in [0.29, 0.717) is 5.78 Å². The van der Waals surface area contributed by atoms with Crippen molar-refractivity contribution in [3.8, 4) is 0 Å². The van der Waals surface area contributed by atoms with Crippen molar-refractivity contribution in [3.05, 3.63) is 31.9 Å². The number of fused-ring (bicyclic) bond motifs is 5. The third kappa shape index (κ3) is 2.50. The van der Waals surface area contributed by atoms with Crippen molar-refractivity contribution in [2.45, 2.75) is 37.8 Å². The Morgan fingerprint density at radius 2 is 2.17 bits per heavy atom. The molecule has 0 bridgehead atoms. The van der Waals surface area contributed by atoms with Crippen LogP contribution in [-0.2, 0) is 19.9 Å². The monoisotopic (exact) mass is 380 g/mol. The van der Waals surface area contributed by atoms with Crippen LogP contribution in [-0.4, -0.2) is 24.9 Å². The Labute approximate surface area is 152 Å². The summed E-state index contributed by atoms with van der Waals surface area (Å²) in [5.74, 6) is 1.33. The molecule has 1 aliphatic carbocycles. The van der Waals surface area contributed by atoms with Gasteiger partial charge in [0, 0.05) is 22.7 Å². The summed E-state index contributed by atoms with van der Waals surface area (Å²) >= 11 is 9.21. The number of thioether (sulfide) groups is 1. The van der Waals surface area contributed by atoms with Crippen LogP contribution >= 0.6 is 34.7 Å². The molecule has 126 valence electrons. The maximum absolute atomic E-state index is 12.8. The molecule has 3 aromatic heterocycles. The molecule has 1 aliphatic rings. The van der Waals surface area contributed by atoms with Crippen LogP contribution in [0.25, 0.3) is 16.0 Å². The summed E-state index contributed by atoms with van der Waals surface area (Å²) in [4.78, 5) is 15.2. The van der Waals surface area contributed by atoms with Crippen LogP contribution in [0, 0.1) is 0 Å². The Hall–Kier alpha value is -1.31. The van der Waals surface area contributed by atoms with Crippen molar-refractivity contribution in [2.75, 3.05) is 5.75 Å². The van der Waals surface area contributed by atoms with Gasteiger partial charge < -0.3 is 0 Å². The van der Waals surface area contributed by atoms with E-state index in [-0.39, 0.29) is 5.56 Å². The summed E-state index contributed by atoms with van der Waals surface area (Å²) in [6, 6.07) is 0. The molecule has 3 heterocycles. The zero-order valence-corrected chi connectivity index (χ0v) is 15.9. The van der Waals surface area contributed by atoms with Crippen LogP contribution in [0.3, 0.4) is 0 Å². The number of halogens is 1. The molecule has 24 heavy (non-hydrogen) atoms. The van der Waals surface area contributed by atoms with Crippen molar-refractivity contribution < 1.29 is 0 Å². The first-order valence-corrected chi connectivity index (χ1v) is 10.1. The number of hydrogen-bond acceptors (Lipinski definition) is 5. The van der Waals surface area contributed by atoms with Gasteiger partial charge >= 0.3 is 0 Å². The Balaban J connectivity index is 1.98. The van der Waals surface area contributed by atoms with Gasteiger partial charge in [0.2, 0.25) is 5.78 Å². The van der Waals surface area contributed by atoms with Gasteiger partial charge in [-0.3, -0.25) is 9.36 Å². The minimum absolute atomic E-state index is 0.0392. The van der Waals surface area contributed by atoms with E-state index in [1.54, 1.807) is 34.7 Å². The number of rotatable bonds is 3. The Bertz CT molecular complexity index is 1030. The van der Waals surface area contributed by atoms with E-state index >= 15 is 0 Å². The van der Waals surface area contributed by atoms with E-state index in [4.69, 9.17) is 11.6 Å². The molecule has 4 rings (SSSR count). The maximum atomic E-state index is 12.8. The van der Waals surface area contributed by atoms with Crippen LogP contribution in [0.1, 0.15) is 30.2 Å². The first-order chi connectivity index (χ1) is 11.6. The van der Waals surface area contributed by atoms with Crippen LogP contribution in [0.4, 0.5) is 0 Å². The highest BCUT2D eigenvalue weighted by atomic mass is 35.5. The minimum atomic E-state index is 0.0392. The fourth-order valence-electron chi connectivity index (χ4n) is 3.17. The summed E-state index contributed by atoms with van der Waals surface area (Å²) in [6.45, 7) is 1.86. The lowest BCUT2D eigenvalue weighted by molar-refractivity contribution is 0.699. The van der Waals surface area contributed by atoms with Crippen LogP contribution in [0.2, 0.25) is 0 Å². The number of allylic oxidation sites excluding steroid dienone is 1. The summed E-state index contributed by atoms with van der Waals surface area (Å²) in [5.41, 5.74) is 1.28. The van der Waals surface area contributed by atoms with Crippen molar-refractivity contribution in [1.29, 1.82) is 0 Å². The molecule has 0 atom stereocenters. The molecule has 8 heteroatoms. The Kier molecular flexibility index (Phi) is 4.18. The zero-order chi connectivity index (χ0) is 16.8. The molecule has 0 amide bonds. The smallest absolute Gasteiger partial charge is 0.263 e. The number of aryl methyl sites for hydroxylation is 3. The molecule has 0 saturated heterocycles. The molecular weight excluding hydrogens is 364 g/mol. The molecule has 0 radical (unpaired) electrons. The Morgan fingerprint density at radius 1 is 1.38 bits per heavy atom. The third-order valence-electron chi connectivity index (χ3n) is 4.37. The lowest BCUT2D eigenvalue weighted by atomic mass is 9.97. The summed E-state index contributed by atoms with van der Waals surface area (Å²) in [7, 11) is 1.77. The standard InChI is InChI=1S/C16H17ClN4OS2/c1-9(17)7-8-23-16-19-18-15-20(2)13(22)12-10-5-3-4-6-11(10)24-14(12)21(15)16/h7H,3-6,8H2,1-2H3. The molecule has 0 aliphatic heterocycles. The van der Waals surface area contributed by atoms with Gasteiger partial charge in [-0.25, -0.2) is 4.40 Å². The average Bonchev–Trinajstić information content (AvgIpc) is 3.13. The Morgan fingerprint density at radius 3 is 2.96 bits per heavy atom. The van der Waals surface area contributed by atoms with Crippen LogP contribution < -0.4 is 5.56 Å². The summed E-state index contributed by atoms with van der Waals surface area (Å²) in [5, 5.41) is 11.0. The number of aromatic nitrogens is 4. The molecule has 0 aromatic carbocycles. The second-order valence-corrected chi connectivity index (χ2v) is 8.64. The van der Waals surface area contributed by atoms with Gasteiger partial charge in [-0.1, -0.05) is 29.4 Å². The van der Waals surface area contributed by atoms with Crippen molar-refractivity contribution in [2.24, 2.45) is 7.05 Å². The normalized spacial score (nSPS) is 15.4. The number of thiophene rings is 1. The molecule has 0 spiro atoms. The van der Waals surface area contributed by atoms with E-state index < -0.39 is 0 Å². The summed E-state index contributed by atoms with van der Waals surface area (Å²) in [6.07, 6.45) is 6.37. The topological polar surface area (TPSA) is 52.2 Å². The zero-order valence-electron chi connectivity index (χ0n) is 13.5. The van der Waals surface area contributed by atoms with Gasteiger partial charge in [-0.2, -0.15) is 0 Å². The van der Waals surface area contributed by atoms with Gasteiger partial charge in [-0.05, 0) is 38.2 Å². The third-order valence-corrected chi connectivity index (χ3v) is 6.65. The maximum Gasteiger partial charge on any atom is 0.263 e. The van der Waals surface area contributed by atoms with Gasteiger partial charge in [-0.15, -0.1) is 21.5 Å². The molecule has 0 saturated carbocycles. The van der Waals surface area contributed by atoms with E-state index in [0.717, 1.165) is 45.4 Å². The molecular formula is C16H17ClN4OS2. The van der Waals surface area contributed by atoms with Crippen LogP contribution in [0.5, 0.6) is 0 Å². The van der Waals surface area contributed by atoms with E-state index in [1.807, 2.05) is 17.4 Å². The summed E-state index contributed by atoms with van der Waals surface area (Å²) < 4.78 is 3.64. The molecule has 0 N–H and O–H groups in total. The number of nitrogens with zero attached hydrogens (tertiary/aromatic N) is 4. The van der Waals surface area contributed by atoms with Crippen LogP contribution in [0.15, 0.2) is 21.1 Å². The second kappa shape index (κ2) is 6.20. The van der Waals surface area contributed by atoms with E-state index in [2.05, 4.69) is 10.2 Å². The van der Waals surface area contributed by atoms with E-state index in [1.165, 1.54) is 16.9 Å².